The van der Waals surface area contributed by atoms with Crippen LogP contribution in [0, 0.1) is 6.92 Å². The number of fused-ring (bicyclic) bond motifs is 1. The Morgan fingerprint density at radius 1 is 0.805 bits per heavy atom. The Labute approximate surface area is 240 Å². The SMILES string of the molecule is COc1ccc([C@H]2C3=C(C[C@H](c4ccc(C)cc4)CC3=O)Nc3ccccc3N2C(=O)c2ccccc2)cc1OC. The summed E-state index contributed by atoms with van der Waals surface area (Å²) in [5, 5.41) is 3.60. The molecule has 0 spiro atoms. The first-order valence-electron chi connectivity index (χ1n) is 13.8. The number of nitrogens with one attached hydrogen (secondary N) is 1. The number of ketones is 1. The zero-order chi connectivity index (χ0) is 28.5. The number of hydrogen-bond acceptors (Lipinski definition) is 5. The van der Waals surface area contributed by atoms with Crippen LogP contribution >= 0.6 is 0 Å². The second kappa shape index (κ2) is 11.0. The largest absolute Gasteiger partial charge is 0.493 e. The maximum atomic E-state index is 14.4. The quantitative estimate of drug-likeness (QED) is 0.287. The van der Waals surface area contributed by atoms with Crippen molar-refractivity contribution in [1.29, 1.82) is 0 Å². The molecule has 1 heterocycles. The van der Waals surface area contributed by atoms with E-state index in [1.165, 1.54) is 5.56 Å². The number of Topliss-reactive ketones (excluding diaryl/α,β-unsaturated/α-hetero) is 1. The number of para-hydroxylation sites is 2. The van der Waals surface area contributed by atoms with Gasteiger partial charge in [-0.15, -0.1) is 0 Å². The van der Waals surface area contributed by atoms with Crippen molar-refractivity contribution in [2.24, 2.45) is 0 Å². The van der Waals surface area contributed by atoms with Gasteiger partial charge < -0.3 is 14.8 Å². The molecule has 0 saturated carbocycles. The average Bonchev–Trinajstić information content (AvgIpc) is 3.16. The van der Waals surface area contributed by atoms with E-state index in [9.17, 15) is 9.59 Å². The number of methoxy groups -OCH3 is 2. The lowest BCUT2D eigenvalue weighted by Gasteiger charge is -2.35. The first-order valence-corrected chi connectivity index (χ1v) is 13.8. The molecule has 1 N–H and O–H groups in total. The molecule has 206 valence electrons. The fourth-order valence-corrected chi connectivity index (χ4v) is 5.95. The highest BCUT2D eigenvalue weighted by Crippen LogP contribution is 2.48. The number of amides is 1. The molecular formula is C35H32N2O4. The van der Waals surface area contributed by atoms with Gasteiger partial charge in [0.25, 0.3) is 5.91 Å². The molecule has 1 aliphatic heterocycles. The molecule has 6 rings (SSSR count). The molecule has 0 fully saturated rings. The molecule has 1 amide bonds. The fourth-order valence-electron chi connectivity index (χ4n) is 5.95. The molecule has 41 heavy (non-hydrogen) atoms. The van der Waals surface area contributed by atoms with Crippen molar-refractivity contribution in [3.05, 3.63) is 131 Å². The van der Waals surface area contributed by atoms with Gasteiger partial charge in [-0.3, -0.25) is 14.5 Å². The summed E-state index contributed by atoms with van der Waals surface area (Å²) in [6.07, 6.45) is 1.01. The smallest absolute Gasteiger partial charge is 0.259 e. The summed E-state index contributed by atoms with van der Waals surface area (Å²) in [5.41, 5.74) is 6.54. The summed E-state index contributed by atoms with van der Waals surface area (Å²) in [6.45, 7) is 2.06. The first-order chi connectivity index (χ1) is 20.0. The maximum Gasteiger partial charge on any atom is 0.259 e. The summed E-state index contributed by atoms with van der Waals surface area (Å²) < 4.78 is 11.2. The van der Waals surface area contributed by atoms with E-state index in [1.807, 2.05) is 60.7 Å². The van der Waals surface area contributed by atoms with E-state index in [-0.39, 0.29) is 17.6 Å². The van der Waals surface area contributed by atoms with E-state index < -0.39 is 6.04 Å². The van der Waals surface area contributed by atoms with Gasteiger partial charge in [0.15, 0.2) is 17.3 Å². The van der Waals surface area contributed by atoms with Gasteiger partial charge in [0.2, 0.25) is 0 Å². The molecular weight excluding hydrogens is 512 g/mol. The van der Waals surface area contributed by atoms with Gasteiger partial charge in [-0.25, -0.2) is 0 Å². The topological polar surface area (TPSA) is 67.9 Å². The second-order valence-corrected chi connectivity index (χ2v) is 10.5. The van der Waals surface area contributed by atoms with Crippen LogP contribution in [0.5, 0.6) is 11.5 Å². The van der Waals surface area contributed by atoms with Gasteiger partial charge in [-0.05, 0) is 66.8 Å². The Morgan fingerprint density at radius 3 is 2.22 bits per heavy atom. The fraction of sp³-hybridized carbons (Fsp3) is 0.200. The third kappa shape index (κ3) is 4.86. The zero-order valence-electron chi connectivity index (χ0n) is 23.4. The normalized spacial score (nSPS) is 18.1. The van der Waals surface area contributed by atoms with Crippen LogP contribution in [0.4, 0.5) is 11.4 Å². The Bertz CT molecular complexity index is 1640. The van der Waals surface area contributed by atoms with E-state index in [0.29, 0.717) is 41.2 Å². The Balaban J connectivity index is 1.57. The number of aryl methyl sites for hydroxylation is 1. The number of anilines is 2. The maximum absolute atomic E-state index is 14.4. The number of allylic oxidation sites excluding steroid dienone is 1. The number of nitrogens with zero attached hydrogens (tertiary/aromatic N) is 1. The van der Waals surface area contributed by atoms with Crippen molar-refractivity contribution < 1.29 is 19.1 Å². The van der Waals surface area contributed by atoms with E-state index in [2.05, 4.69) is 36.5 Å². The second-order valence-electron chi connectivity index (χ2n) is 10.5. The number of benzene rings is 4. The molecule has 6 heteroatoms. The first kappa shape index (κ1) is 26.4. The van der Waals surface area contributed by atoms with Crippen LogP contribution in [0.15, 0.2) is 108 Å². The summed E-state index contributed by atoms with van der Waals surface area (Å²) in [7, 11) is 3.17. The van der Waals surface area contributed by atoms with Crippen molar-refractivity contribution in [2.75, 3.05) is 24.4 Å². The third-order valence-corrected chi connectivity index (χ3v) is 8.00. The van der Waals surface area contributed by atoms with Crippen LogP contribution in [-0.4, -0.2) is 25.9 Å². The molecule has 2 aliphatic rings. The Morgan fingerprint density at radius 2 is 1.49 bits per heavy atom. The van der Waals surface area contributed by atoms with Crippen LogP contribution in [-0.2, 0) is 4.79 Å². The average molecular weight is 545 g/mol. The van der Waals surface area contributed by atoms with Crippen LogP contribution in [0.1, 0.15) is 51.8 Å². The number of carbonyl (C=O) groups excluding carboxylic acids is 2. The van der Waals surface area contributed by atoms with Gasteiger partial charge in [-0.2, -0.15) is 0 Å². The van der Waals surface area contributed by atoms with Crippen molar-refractivity contribution in [3.8, 4) is 11.5 Å². The van der Waals surface area contributed by atoms with Crippen molar-refractivity contribution >= 4 is 23.1 Å². The highest BCUT2D eigenvalue weighted by Gasteiger charge is 2.42. The summed E-state index contributed by atoms with van der Waals surface area (Å²) in [4.78, 5) is 30.4. The number of rotatable bonds is 5. The third-order valence-electron chi connectivity index (χ3n) is 8.00. The number of ether oxygens (including phenoxy) is 2. The molecule has 6 nitrogen and oxygen atoms in total. The number of hydrogen-bond donors (Lipinski definition) is 1. The van der Waals surface area contributed by atoms with Crippen molar-refractivity contribution in [2.45, 2.75) is 31.7 Å². The molecule has 0 bridgehead atoms. The monoisotopic (exact) mass is 544 g/mol. The van der Waals surface area contributed by atoms with Gasteiger partial charge in [0.05, 0.1) is 31.6 Å². The van der Waals surface area contributed by atoms with Crippen LogP contribution in [0.3, 0.4) is 0 Å². The lowest BCUT2D eigenvalue weighted by molar-refractivity contribution is -0.116. The standard InChI is InChI=1S/C35H32N2O4/c1-22-13-15-23(16-14-22)26-19-28-33(30(38)20-26)34(25-17-18-31(40-2)32(21-25)41-3)37(29-12-8-7-11-27(29)36-28)35(39)24-9-5-4-6-10-24/h4-18,21,26,34,36H,19-20H2,1-3H3/t26-,34-/m0/s1. The lowest BCUT2D eigenvalue weighted by Crippen LogP contribution is -2.38. The molecule has 0 unspecified atom stereocenters. The van der Waals surface area contributed by atoms with E-state index in [4.69, 9.17) is 9.47 Å². The van der Waals surface area contributed by atoms with Crippen LogP contribution in [0.25, 0.3) is 0 Å². The number of carbonyl (C=O) groups is 2. The lowest BCUT2D eigenvalue weighted by atomic mass is 9.78. The van der Waals surface area contributed by atoms with Crippen molar-refractivity contribution in [1.82, 2.24) is 0 Å². The predicted molar refractivity (Wildman–Crippen MR) is 161 cm³/mol. The molecule has 4 aromatic rings. The highest BCUT2D eigenvalue weighted by molar-refractivity contribution is 6.12. The van der Waals surface area contributed by atoms with Gasteiger partial charge in [-0.1, -0.05) is 66.2 Å². The Hall–Kier alpha value is -4.84. The minimum atomic E-state index is -0.680. The minimum absolute atomic E-state index is 0.0165. The van der Waals surface area contributed by atoms with E-state index in [0.717, 1.165) is 22.5 Å². The van der Waals surface area contributed by atoms with Gasteiger partial charge >= 0.3 is 0 Å². The zero-order valence-corrected chi connectivity index (χ0v) is 23.4. The molecule has 2 atom stereocenters. The molecule has 0 radical (unpaired) electrons. The minimum Gasteiger partial charge on any atom is -0.493 e. The van der Waals surface area contributed by atoms with E-state index >= 15 is 0 Å². The summed E-state index contributed by atoms with van der Waals surface area (Å²) in [5.74, 6) is 0.965. The van der Waals surface area contributed by atoms with Crippen molar-refractivity contribution in [3.63, 3.8) is 0 Å². The molecule has 0 aromatic heterocycles. The Kier molecular flexibility index (Phi) is 7.06. The molecule has 1 aliphatic carbocycles. The highest BCUT2D eigenvalue weighted by atomic mass is 16.5. The predicted octanol–water partition coefficient (Wildman–Crippen LogP) is 7.23. The summed E-state index contributed by atoms with van der Waals surface area (Å²) >= 11 is 0. The van der Waals surface area contributed by atoms with Crippen LogP contribution in [0.2, 0.25) is 0 Å². The van der Waals surface area contributed by atoms with E-state index in [1.54, 1.807) is 31.3 Å². The van der Waals surface area contributed by atoms with Gasteiger partial charge in [0.1, 0.15) is 0 Å². The summed E-state index contributed by atoms with van der Waals surface area (Å²) in [6, 6.07) is 30.3. The molecule has 0 saturated heterocycles. The van der Waals surface area contributed by atoms with Crippen LogP contribution < -0.4 is 19.7 Å². The van der Waals surface area contributed by atoms with Gasteiger partial charge in [0, 0.05) is 23.3 Å². The molecule has 4 aromatic carbocycles.